The van der Waals surface area contributed by atoms with Crippen LogP contribution in [0.4, 0.5) is 7.77 Å². The van der Waals surface area contributed by atoms with Gasteiger partial charge in [-0.25, -0.2) is 0 Å². The van der Waals surface area contributed by atoms with Gasteiger partial charge in [-0.2, -0.15) is 16.8 Å². The lowest BCUT2D eigenvalue weighted by atomic mass is 9.78. The molecule has 136 valence electrons. The van der Waals surface area contributed by atoms with Crippen LogP contribution < -0.4 is 8.37 Å². The monoisotopic (exact) mass is 392 g/mol. The topological polar surface area (TPSA) is 86.7 Å². The fourth-order valence-corrected chi connectivity index (χ4v) is 2.93. The quantitative estimate of drug-likeness (QED) is 0.702. The predicted octanol–water partition coefficient (Wildman–Crippen LogP) is 3.20. The molecule has 0 aliphatic rings. The Bertz CT molecular complexity index is 871. The van der Waals surface area contributed by atoms with Gasteiger partial charge in [0.2, 0.25) is 0 Å². The Morgan fingerprint density at radius 1 is 0.680 bits per heavy atom. The second-order valence-electron chi connectivity index (χ2n) is 5.63. The largest absolute Gasteiger partial charge is 0.488 e. The smallest absolute Gasteiger partial charge is 0.358 e. The van der Waals surface area contributed by atoms with E-state index in [4.69, 9.17) is 0 Å². The van der Waals surface area contributed by atoms with Gasteiger partial charge in [0.1, 0.15) is 11.5 Å². The van der Waals surface area contributed by atoms with Crippen molar-refractivity contribution >= 4 is 21.0 Å². The van der Waals surface area contributed by atoms with E-state index in [-0.39, 0.29) is 11.5 Å². The van der Waals surface area contributed by atoms with Crippen molar-refractivity contribution in [2.24, 2.45) is 0 Å². The molecule has 0 saturated heterocycles. The van der Waals surface area contributed by atoms with Crippen molar-refractivity contribution < 1.29 is 33.0 Å². The molecule has 0 radical (unpaired) electrons. The lowest BCUT2D eigenvalue weighted by Gasteiger charge is -2.26. The zero-order valence-electron chi connectivity index (χ0n) is 13.1. The van der Waals surface area contributed by atoms with Gasteiger partial charge in [-0.3, -0.25) is 0 Å². The molecule has 10 heteroatoms. The molecular weight excluding hydrogens is 378 g/mol. The Hall–Kier alpha value is -2.20. The Labute approximate surface area is 144 Å². The third-order valence-electron chi connectivity index (χ3n) is 3.54. The maximum absolute atomic E-state index is 12.5. The molecule has 0 aliphatic carbocycles. The Morgan fingerprint density at radius 2 is 0.960 bits per heavy atom. The van der Waals surface area contributed by atoms with Crippen LogP contribution in [0.2, 0.25) is 0 Å². The number of hydrogen-bond donors (Lipinski definition) is 0. The summed E-state index contributed by atoms with van der Waals surface area (Å²) in [7, 11) is -10.2. The number of halogens is 2. The van der Waals surface area contributed by atoms with Crippen molar-refractivity contribution in [1.82, 2.24) is 0 Å². The second kappa shape index (κ2) is 6.60. The van der Waals surface area contributed by atoms with Gasteiger partial charge in [0.05, 0.1) is 0 Å². The average Bonchev–Trinajstić information content (AvgIpc) is 2.45. The van der Waals surface area contributed by atoms with Crippen LogP contribution >= 0.6 is 0 Å². The zero-order chi connectivity index (χ0) is 18.9. The number of benzene rings is 2. The number of hydrogen-bond acceptors (Lipinski definition) is 6. The summed E-state index contributed by atoms with van der Waals surface area (Å²) in [5.41, 5.74) is 0.936. The summed E-state index contributed by atoms with van der Waals surface area (Å²) in [5.74, 6) is -0.335. The minimum atomic E-state index is -5.09. The zero-order valence-corrected chi connectivity index (χ0v) is 14.8. The molecule has 0 atom stereocenters. The molecule has 0 bridgehead atoms. The van der Waals surface area contributed by atoms with E-state index in [1.54, 1.807) is 24.3 Å². The van der Waals surface area contributed by atoms with Gasteiger partial charge in [0.15, 0.2) is 0 Å². The summed E-state index contributed by atoms with van der Waals surface area (Å²) in [6.45, 7) is 3.72. The van der Waals surface area contributed by atoms with E-state index in [1.165, 1.54) is 24.3 Å². The fraction of sp³-hybridized carbons (Fsp3) is 0.200. The molecule has 0 fully saturated rings. The molecule has 0 aliphatic heterocycles. The minimum absolute atomic E-state index is 0.168. The first-order valence-corrected chi connectivity index (χ1v) is 9.48. The van der Waals surface area contributed by atoms with Crippen LogP contribution in [0.3, 0.4) is 0 Å². The van der Waals surface area contributed by atoms with Crippen molar-refractivity contribution in [3.63, 3.8) is 0 Å². The normalized spacial score (nSPS) is 12.6. The fourth-order valence-electron chi connectivity index (χ4n) is 2.25. The molecule has 2 rings (SSSR count). The van der Waals surface area contributed by atoms with Crippen LogP contribution in [0, 0.1) is 0 Å². The summed E-state index contributed by atoms with van der Waals surface area (Å²) in [6.07, 6.45) is 0. The first kappa shape index (κ1) is 19.1. The van der Waals surface area contributed by atoms with Gasteiger partial charge in [0, 0.05) is 5.41 Å². The van der Waals surface area contributed by atoms with Crippen molar-refractivity contribution in [1.29, 1.82) is 0 Å². The molecule has 2 aromatic carbocycles. The Balaban J connectivity index is 2.25. The highest BCUT2D eigenvalue weighted by molar-refractivity contribution is 7.82. The predicted molar refractivity (Wildman–Crippen MR) is 86.3 cm³/mol. The van der Waals surface area contributed by atoms with E-state index in [2.05, 4.69) is 8.37 Å². The standard InChI is InChI=1S/C15H14F2O6S2/c1-15(2,11-3-7-13(8-4-11)22-24(16,18)19)12-5-9-14(10-6-12)23-25(17,20)21/h3-10H,1-2H3. The van der Waals surface area contributed by atoms with Crippen LogP contribution in [0.1, 0.15) is 25.0 Å². The highest BCUT2D eigenvalue weighted by atomic mass is 32.3. The SMILES string of the molecule is CC(C)(c1ccc(OS(=O)(=O)F)cc1)c1ccc(OS(=O)(=O)F)cc1. The van der Waals surface area contributed by atoms with Crippen LogP contribution in [0.5, 0.6) is 11.5 Å². The Morgan fingerprint density at radius 3 is 1.20 bits per heavy atom. The molecule has 0 amide bonds. The van der Waals surface area contributed by atoms with Gasteiger partial charge in [-0.05, 0) is 35.4 Å². The summed E-state index contributed by atoms with van der Waals surface area (Å²) >= 11 is 0. The van der Waals surface area contributed by atoms with E-state index < -0.39 is 26.4 Å². The van der Waals surface area contributed by atoms with Crippen molar-refractivity contribution in [3.8, 4) is 11.5 Å². The second-order valence-corrected chi connectivity index (χ2v) is 7.53. The molecule has 0 N–H and O–H groups in total. The molecule has 25 heavy (non-hydrogen) atoms. The average molecular weight is 392 g/mol. The van der Waals surface area contributed by atoms with Gasteiger partial charge in [-0.1, -0.05) is 45.9 Å². The summed E-state index contributed by atoms with van der Waals surface area (Å²) in [6, 6.07) is 11.5. The van der Waals surface area contributed by atoms with Gasteiger partial charge in [-0.15, -0.1) is 0 Å². The third-order valence-corrected chi connectivity index (χ3v) is 4.33. The first-order valence-electron chi connectivity index (χ1n) is 6.86. The maximum atomic E-state index is 12.5. The lowest BCUT2D eigenvalue weighted by Crippen LogP contribution is -2.18. The van der Waals surface area contributed by atoms with Crippen molar-refractivity contribution in [3.05, 3.63) is 59.7 Å². The van der Waals surface area contributed by atoms with E-state index in [0.29, 0.717) is 0 Å². The molecule has 2 aromatic rings. The van der Waals surface area contributed by atoms with Crippen LogP contribution in [0.15, 0.2) is 48.5 Å². The summed E-state index contributed by atoms with van der Waals surface area (Å²) in [4.78, 5) is 0. The first-order chi connectivity index (χ1) is 11.4. The van der Waals surface area contributed by atoms with Crippen LogP contribution in [0.25, 0.3) is 0 Å². The van der Waals surface area contributed by atoms with E-state index in [1.807, 2.05) is 13.8 Å². The highest BCUT2D eigenvalue weighted by Gasteiger charge is 2.24. The van der Waals surface area contributed by atoms with Gasteiger partial charge >= 0.3 is 21.0 Å². The van der Waals surface area contributed by atoms with Crippen molar-refractivity contribution in [2.75, 3.05) is 0 Å². The van der Waals surface area contributed by atoms with Gasteiger partial charge < -0.3 is 8.37 Å². The molecule has 0 spiro atoms. The summed E-state index contributed by atoms with van der Waals surface area (Å²) < 4.78 is 75.1. The van der Waals surface area contributed by atoms with Crippen molar-refractivity contribution in [2.45, 2.75) is 19.3 Å². The van der Waals surface area contributed by atoms with E-state index in [9.17, 15) is 24.6 Å². The molecule has 0 aromatic heterocycles. The molecule has 6 nitrogen and oxygen atoms in total. The Kier molecular flexibility index (Phi) is 5.05. The lowest BCUT2D eigenvalue weighted by molar-refractivity contribution is 0.438. The van der Waals surface area contributed by atoms with Gasteiger partial charge in [0.25, 0.3) is 0 Å². The maximum Gasteiger partial charge on any atom is 0.488 e. The molecule has 0 unspecified atom stereocenters. The minimum Gasteiger partial charge on any atom is -0.358 e. The third kappa shape index (κ3) is 5.40. The van der Waals surface area contributed by atoms with E-state index in [0.717, 1.165) is 11.1 Å². The van der Waals surface area contributed by atoms with Crippen LogP contribution in [-0.4, -0.2) is 16.8 Å². The van der Waals surface area contributed by atoms with E-state index >= 15 is 0 Å². The van der Waals surface area contributed by atoms with Crippen LogP contribution in [-0.2, 0) is 26.4 Å². The summed E-state index contributed by atoms with van der Waals surface area (Å²) in [5, 5.41) is 0. The molecule has 0 heterocycles. The number of rotatable bonds is 6. The molecule has 0 saturated carbocycles. The highest BCUT2D eigenvalue weighted by Crippen LogP contribution is 2.33. The molecular formula is C15H14F2O6S2.